The van der Waals surface area contributed by atoms with E-state index in [0.29, 0.717) is 0 Å². The van der Waals surface area contributed by atoms with E-state index in [4.69, 9.17) is 99.8 Å². The minimum absolute atomic E-state index is 0.564. The molecule has 121 heavy (non-hydrogen) atoms. The van der Waals surface area contributed by atoms with Gasteiger partial charge in [0.1, 0.15) is 238 Å². The summed E-state index contributed by atoms with van der Waals surface area (Å²) < 4.78 is 141. The van der Waals surface area contributed by atoms with E-state index in [1.807, 2.05) is 0 Å². The number of ether oxygens (including phenoxy) is 17. The molecule has 0 spiro atoms. The van der Waals surface area contributed by atoms with Crippen molar-refractivity contribution in [3.05, 3.63) is 0 Å². The maximum atomic E-state index is 13.8. The lowest BCUT2D eigenvalue weighted by Crippen LogP contribution is -2.72. The first-order valence-corrected chi connectivity index (χ1v) is 40.2. The number of hydrogen-bond acceptors (Lipinski definition) is 54. The zero-order valence-electron chi connectivity index (χ0n) is 62.7. The lowest BCUT2D eigenvalue weighted by Gasteiger charge is -2.53. The fourth-order valence-corrected chi connectivity index (χ4v) is 16.2. The fourth-order valence-electron chi connectivity index (χ4n) is 14.7. The molecule has 9 saturated heterocycles. The van der Waals surface area contributed by atoms with Gasteiger partial charge in [-0.1, -0.05) is 0 Å². The molecule has 58 nitrogen and oxygen atoms in total. The highest BCUT2D eigenvalue weighted by Gasteiger charge is 2.65. The van der Waals surface area contributed by atoms with Crippen LogP contribution in [0.15, 0.2) is 0 Å². The highest BCUT2D eigenvalue weighted by molar-refractivity contribution is 7.47. The Kier molecular flexibility index (Phi) is 37.0. The molecule has 0 saturated carbocycles. The van der Waals surface area contributed by atoms with Gasteiger partial charge < -0.3 is 259 Å². The van der Waals surface area contributed by atoms with Gasteiger partial charge in [0.2, 0.25) is 0 Å². The first-order chi connectivity index (χ1) is 56.9. The molecule has 0 aromatic carbocycles. The molecule has 0 amide bonds. The highest BCUT2D eigenvalue weighted by Crippen LogP contribution is 2.49. The molecule has 60 heteroatoms. The second-order valence-corrected chi connectivity index (χ2v) is 32.0. The number of aliphatic hydroxyl groups is 30. The monoisotopic (exact) mass is 1830 g/mol. The molecule has 9 aliphatic rings. The van der Waals surface area contributed by atoms with Crippen molar-refractivity contribution in [2.24, 2.45) is 5.73 Å². The van der Waals surface area contributed by atoms with E-state index in [1.165, 1.54) is 0 Å². The average Bonchev–Trinajstić information content (AvgIpc) is 0.508. The number of nitrogens with two attached hydrogens (primary N) is 1. The Morgan fingerprint density at radius 1 is 0.364 bits per heavy atom. The van der Waals surface area contributed by atoms with Crippen LogP contribution in [-0.4, -0.2) is 546 Å². The smallest absolute Gasteiger partial charge is 0.472 e. The molecule has 0 radical (unpaired) electrons. The average molecular weight is 1830 g/mol. The van der Waals surface area contributed by atoms with Crippen molar-refractivity contribution in [2.45, 2.75) is 301 Å². The van der Waals surface area contributed by atoms with Gasteiger partial charge in [0.25, 0.3) is 5.79 Å². The van der Waals surface area contributed by atoms with Crippen molar-refractivity contribution in [1.29, 1.82) is 0 Å². The summed E-state index contributed by atoms with van der Waals surface area (Å²) in [5.74, 6) is -6.04. The van der Waals surface area contributed by atoms with Crippen LogP contribution >= 0.6 is 15.6 Å². The Morgan fingerprint density at radius 2 is 0.702 bits per heavy atom. The topological polar surface area (TPSA) is 950 Å². The molecule has 0 bridgehead atoms. The SMILES string of the molecule is NCCOP(=O)(O)O[C@@H](CO)[C@H]1O[C@H](O[C@@H]2[C@H](O)[C@@H](O[C@H]3[C@@H]([C@H](O)CO)O[C@@](O)(C(=O)O)C[C@H]3OP(=O)(O)O)O[C@H]([C@@H](O)CO)[C@H]2O[C@@H]2O[C@H](CO)[C@@H](O)[C@H](O)[C@H]2O)[C@@H](O[C@H]2O[C@H]([C@@H](O)CO)[C@@H](O)[C@H](O)[C@@H]2O[C@@H]2O[C@H](CO)[C@H](O)[C@H](O)[C@H]2O)[C@@H](O[C@@H]2O[C@H](CO)[C@@H](O[C@@H]3O[C@H](CO)[C@@H](O[C@@H]4O[C@H](CO)[C@H](O)[C@H](O)[C@H]4O)[C@H](O)[C@H]3O)[C@H](O)[C@H]2O)[C@@H]1O. The zero-order valence-corrected chi connectivity index (χ0v) is 64.5. The Labute approximate surface area is 679 Å². The van der Waals surface area contributed by atoms with E-state index in [0.717, 1.165) is 0 Å². The van der Waals surface area contributed by atoms with E-state index in [-0.39, 0.29) is 0 Å². The molecule has 0 aliphatic carbocycles. The number of phosphoric ester groups is 2. The van der Waals surface area contributed by atoms with Gasteiger partial charge in [-0.2, -0.15) is 0 Å². The zero-order chi connectivity index (χ0) is 89.8. The summed E-state index contributed by atoms with van der Waals surface area (Å²) in [7, 11) is -11.8. The Balaban J connectivity index is 1.22. The lowest BCUT2D eigenvalue weighted by atomic mass is 9.91. The Bertz CT molecular complexity index is 3260. The summed E-state index contributed by atoms with van der Waals surface area (Å²) in [6, 6.07) is 0. The van der Waals surface area contributed by atoms with Gasteiger partial charge in [-0.05, 0) is 0 Å². The molecule has 0 aromatic rings. The largest absolute Gasteiger partial charge is 0.477 e. The molecule has 1 unspecified atom stereocenters. The van der Waals surface area contributed by atoms with E-state index in [9.17, 15) is 187 Å². The molecule has 36 N–H and O–H groups in total. The Morgan fingerprint density at radius 3 is 1.12 bits per heavy atom. The van der Waals surface area contributed by atoms with Crippen molar-refractivity contribution in [3.8, 4) is 0 Å². The second kappa shape index (κ2) is 43.7. The fraction of sp³-hybridized carbons (Fsp3) is 0.984. The normalized spacial score (nSPS) is 48.2. The van der Waals surface area contributed by atoms with Gasteiger partial charge in [-0.25, -0.2) is 13.9 Å². The van der Waals surface area contributed by atoms with Crippen LogP contribution in [0.2, 0.25) is 0 Å². The van der Waals surface area contributed by atoms with Crippen LogP contribution in [0.4, 0.5) is 0 Å². The van der Waals surface area contributed by atoms with E-state index in [1.54, 1.807) is 0 Å². The molecule has 9 fully saturated rings. The summed E-state index contributed by atoms with van der Waals surface area (Å²) >= 11 is 0. The molecule has 49 atom stereocenters. The van der Waals surface area contributed by atoms with Crippen LogP contribution < -0.4 is 5.73 Å². The first-order valence-electron chi connectivity index (χ1n) is 37.2. The number of aliphatic carboxylic acids is 1. The Hall–Kier alpha value is -2.23. The summed E-state index contributed by atoms with van der Waals surface area (Å²) in [6.45, 7) is -13.9. The standard InChI is InChI=1S/C61H107NO57P2/c62-1-2-100-121(98,99)119-22(12-71)45-38(90)47(112-56-37(89)32(84)44(21(11-70)105-56)109-55-36(88)31(83)43(20(10-69)104-55)108-52-33(85)26(78)23(75)17(7-66)101-52)51(116-58-49(30(82)29(81)40(106-58)13(72)4-63)114-53-34(86)27(79)24(76)18(8-67)102-53)59(110-45)113-48-39(91)57(107-41(14(73)5-64)50(48)115-54-35(87)28(80)25(77)19(9-68)103-54)111-46-16(118-120(95,96)97)3-61(94,60(92)93)117-42(46)15(74)6-65/h13-59,63-91,94H,1-12,62H2,(H,92,93)(H,98,99)(H2,95,96,97)/t13-,14-,15+,16+,17+,18+,19+,20+,21+,22-,23-,24-,25+,26-,27-,28-,29-,30-,31+,32+,33+,34+,35+,36+,37+,38+,39-,40+,41+,42+,43+,44+,45+,46+,47-,48+,49-,50+,51-,52-,53-,54-,55-,56-,57+,58+,59+,61+/m0/s1. The minimum Gasteiger partial charge on any atom is -0.477 e. The molecule has 9 heterocycles. The number of aliphatic hydroxyl groups excluding tert-OH is 29. The predicted molar refractivity (Wildman–Crippen MR) is 361 cm³/mol. The van der Waals surface area contributed by atoms with Crippen molar-refractivity contribution in [3.63, 3.8) is 0 Å². The molecular weight excluding hydrogens is 1720 g/mol. The molecule has 708 valence electrons. The summed E-state index contributed by atoms with van der Waals surface area (Å²) in [4.78, 5) is 44.0. The minimum atomic E-state index is -6.07. The maximum Gasteiger partial charge on any atom is 0.472 e. The highest BCUT2D eigenvalue weighted by atomic mass is 31.2. The van der Waals surface area contributed by atoms with Crippen molar-refractivity contribution in [2.75, 3.05) is 72.6 Å². The number of carbonyl (C=O) groups is 1. The van der Waals surface area contributed by atoms with Crippen LogP contribution in [0.5, 0.6) is 0 Å². The number of carboxylic acid groups (broad SMARTS) is 1. The number of phosphoric acid groups is 2. The lowest BCUT2D eigenvalue weighted by molar-refractivity contribution is -0.429. The molecular formula is C61H107NO57P2. The van der Waals surface area contributed by atoms with Gasteiger partial charge in [0.05, 0.1) is 66.1 Å². The van der Waals surface area contributed by atoms with Crippen molar-refractivity contribution in [1.82, 2.24) is 0 Å². The van der Waals surface area contributed by atoms with Crippen LogP contribution in [0, 0.1) is 0 Å². The number of rotatable bonds is 37. The summed E-state index contributed by atoms with van der Waals surface area (Å²) in [6.07, 6.45) is -120. The van der Waals surface area contributed by atoms with E-state index >= 15 is 0 Å². The molecule has 0 aromatic heterocycles. The first kappa shape index (κ1) is 103. The molecule has 9 rings (SSSR count). The van der Waals surface area contributed by atoms with Crippen LogP contribution in [0.1, 0.15) is 6.42 Å². The van der Waals surface area contributed by atoms with Gasteiger partial charge in [-0.3, -0.25) is 13.6 Å². The van der Waals surface area contributed by atoms with Crippen molar-refractivity contribution < 1.29 is 281 Å². The van der Waals surface area contributed by atoms with Crippen LogP contribution in [0.25, 0.3) is 0 Å². The van der Waals surface area contributed by atoms with Crippen LogP contribution in [0.3, 0.4) is 0 Å². The number of hydrogen-bond donors (Lipinski definition) is 35. The predicted octanol–water partition coefficient (Wildman–Crippen LogP) is -22.5. The quantitative estimate of drug-likeness (QED) is 0.0257. The summed E-state index contributed by atoms with van der Waals surface area (Å²) in [5.41, 5.74) is 5.50. The third-order valence-electron chi connectivity index (χ3n) is 21.2. The van der Waals surface area contributed by atoms with Gasteiger partial charge in [0.15, 0.2) is 50.3 Å². The van der Waals surface area contributed by atoms with Crippen LogP contribution in [-0.2, 0) is 108 Å². The van der Waals surface area contributed by atoms with E-state index in [2.05, 4.69) is 0 Å². The van der Waals surface area contributed by atoms with Crippen molar-refractivity contribution >= 4 is 21.6 Å². The third kappa shape index (κ3) is 22.9. The molecule has 9 aliphatic heterocycles. The van der Waals surface area contributed by atoms with Gasteiger partial charge in [-0.15, -0.1) is 0 Å². The second-order valence-electron chi connectivity index (χ2n) is 29.4. The van der Waals surface area contributed by atoms with Gasteiger partial charge in [0, 0.05) is 13.0 Å². The third-order valence-corrected chi connectivity index (χ3v) is 22.8. The maximum absolute atomic E-state index is 13.8. The van der Waals surface area contributed by atoms with Gasteiger partial charge >= 0.3 is 21.6 Å². The van der Waals surface area contributed by atoms with E-state index < -0.39 is 395 Å². The number of carboxylic acids is 1. The summed E-state index contributed by atoms with van der Waals surface area (Å²) in [5, 5.41) is 345.